The van der Waals surface area contributed by atoms with Crippen LogP contribution in [-0.2, 0) is 4.79 Å². The third-order valence-corrected chi connectivity index (χ3v) is 3.68. The molecule has 1 aliphatic rings. The second-order valence-electron chi connectivity index (χ2n) is 5.32. The van der Waals surface area contributed by atoms with E-state index in [1.165, 1.54) is 31.1 Å². The van der Waals surface area contributed by atoms with E-state index >= 15 is 0 Å². The summed E-state index contributed by atoms with van der Waals surface area (Å²) in [5, 5.41) is 2.98. The Morgan fingerprint density at radius 2 is 1.95 bits per heavy atom. The number of benzene rings is 1. The maximum Gasteiger partial charge on any atom is 0.244 e. The van der Waals surface area contributed by atoms with Crippen molar-refractivity contribution >= 4 is 12.0 Å². The lowest BCUT2D eigenvalue weighted by Gasteiger charge is -2.26. The predicted molar refractivity (Wildman–Crippen MR) is 75.0 cm³/mol. The molecular weight excluding hydrogens is 241 g/mol. The van der Waals surface area contributed by atoms with Crippen molar-refractivity contribution in [1.82, 2.24) is 5.32 Å². The van der Waals surface area contributed by atoms with Gasteiger partial charge in [-0.25, -0.2) is 4.39 Å². The highest BCUT2D eigenvalue weighted by molar-refractivity contribution is 5.91. The molecule has 1 fully saturated rings. The fourth-order valence-electron chi connectivity index (χ4n) is 2.43. The van der Waals surface area contributed by atoms with Gasteiger partial charge in [-0.3, -0.25) is 4.79 Å². The van der Waals surface area contributed by atoms with Gasteiger partial charge in [0.15, 0.2) is 0 Å². The Morgan fingerprint density at radius 3 is 2.63 bits per heavy atom. The summed E-state index contributed by atoms with van der Waals surface area (Å²) < 4.78 is 13.4. The number of rotatable bonds is 3. The van der Waals surface area contributed by atoms with E-state index in [9.17, 15) is 9.18 Å². The van der Waals surface area contributed by atoms with Gasteiger partial charge in [0.1, 0.15) is 5.82 Å². The molecule has 1 saturated carbocycles. The SMILES string of the molecule is CC1CCC(NC(=O)/C=C/c2ccccc2F)CC1. The van der Waals surface area contributed by atoms with E-state index in [1.54, 1.807) is 18.2 Å². The Hall–Kier alpha value is -1.64. The smallest absolute Gasteiger partial charge is 0.244 e. The normalized spacial score (nSPS) is 23.5. The van der Waals surface area contributed by atoms with E-state index in [0.717, 1.165) is 18.8 Å². The van der Waals surface area contributed by atoms with Crippen molar-refractivity contribution in [2.45, 2.75) is 38.6 Å². The summed E-state index contributed by atoms with van der Waals surface area (Å²) in [4.78, 5) is 11.8. The Morgan fingerprint density at radius 1 is 1.26 bits per heavy atom. The van der Waals surface area contributed by atoms with Crippen LogP contribution in [0, 0.1) is 11.7 Å². The van der Waals surface area contributed by atoms with Crippen molar-refractivity contribution in [3.63, 3.8) is 0 Å². The van der Waals surface area contributed by atoms with Crippen molar-refractivity contribution in [2.75, 3.05) is 0 Å². The van der Waals surface area contributed by atoms with Crippen LogP contribution < -0.4 is 5.32 Å². The second kappa shape index (κ2) is 6.50. The Labute approximate surface area is 113 Å². The third kappa shape index (κ3) is 4.19. The van der Waals surface area contributed by atoms with Crippen LogP contribution in [0.1, 0.15) is 38.2 Å². The standard InChI is InChI=1S/C16H20FNO/c1-12-6-9-14(10-7-12)18-16(19)11-8-13-4-2-3-5-15(13)17/h2-5,8,11-12,14H,6-7,9-10H2,1H3,(H,18,19)/b11-8+. The molecule has 1 N–H and O–H groups in total. The molecule has 1 aromatic rings. The lowest BCUT2D eigenvalue weighted by molar-refractivity contribution is -0.117. The quantitative estimate of drug-likeness (QED) is 0.828. The molecule has 0 atom stereocenters. The molecule has 0 aromatic heterocycles. The van der Waals surface area contributed by atoms with Crippen molar-refractivity contribution in [1.29, 1.82) is 0 Å². The number of hydrogen-bond acceptors (Lipinski definition) is 1. The van der Waals surface area contributed by atoms with E-state index in [-0.39, 0.29) is 17.8 Å². The number of amides is 1. The maximum absolute atomic E-state index is 13.4. The van der Waals surface area contributed by atoms with Crippen molar-refractivity contribution in [2.24, 2.45) is 5.92 Å². The summed E-state index contributed by atoms with van der Waals surface area (Å²) >= 11 is 0. The first kappa shape index (κ1) is 13.8. The fraction of sp³-hybridized carbons (Fsp3) is 0.438. The number of carbonyl (C=O) groups is 1. The first-order valence-electron chi connectivity index (χ1n) is 6.88. The minimum absolute atomic E-state index is 0.136. The van der Waals surface area contributed by atoms with Crippen LogP contribution in [-0.4, -0.2) is 11.9 Å². The van der Waals surface area contributed by atoms with Gasteiger partial charge < -0.3 is 5.32 Å². The zero-order valence-electron chi connectivity index (χ0n) is 11.2. The zero-order chi connectivity index (χ0) is 13.7. The van der Waals surface area contributed by atoms with Crippen molar-refractivity contribution in [3.05, 3.63) is 41.7 Å². The van der Waals surface area contributed by atoms with Crippen LogP contribution >= 0.6 is 0 Å². The Balaban J connectivity index is 1.86. The van der Waals surface area contributed by atoms with Gasteiger partial charge in [-0.15, -0.1) is 0 Å². The van der Waals surface area contributed by atoms with Gasteiger partial charge in [-0.2, -0.15) is 0 Å². The molecule has 2 nitrogen and oxygen atoms in total. The highest BCUT2D eigenvalue weighted by atomic mass is 19.1. The van der Waals surface area contributed by atoms with E-state index < -0.39 is 0 Å². The molecular formula is C16H20FNO. The van der Waals surface area contributed by atoms with Crippen LogP contribution in [0.25, 0.3) is 6.08 Å². The minimum Gasteiger partial charge on any atom is -0.350 e. The predicted octanol–water partition coefficient (Wildman–Crippen LogP) is 3.53. The van der Waals surface area contributed by atoms with E-state index in [0.29, 0.717) is 5.56 Å². The van der Waals surface area contributed by atoms with Gasteiger partial charge in [-0.1, -0.05) is 25.1 Å². The molecule has 1 aromatic carbocycles. The lowest BCUT2D eigenvalue weighted by atomic mass is 9.87. The summed E-state index contributed by atoms with van der Waals surface area (Å²) in [6.45, 7) is 2.25. The molecule has 0 spiro atoms. The zero-order valence-corrected chi connectivity index (χ0v) is 11.2. The van der Waals surface area contributed by atoms with Crippen molar-refractivity contribution in [3.8, 4) is 0 Å². The van der Waals surface area contributed by atoms with E-state index in [1.807, 2.05) is 0 Å². The van der Waals surface area contributed by atoms with Crippen molar-refractivity contribution < 1.29 is 9.18 Å². The van der Waals surface area contributed by atoms with E-state index in [2.05, 4.69) is 12.2 Å². The van der Waals surface area contributed by atoms with E-state index in [4.69, 9.17) is 0 Å². The molecule has 19 heavy (non-hydrogen) atoms. The number of nitrogens with one attached hydrogen (secondary N) is 1. The van der Waals surface area contributed by atoms with Gasteiger partial charge >= 0.3 is 0 Å². The average Bonchev–Trinajstić information content (AvgIpc) is 2.40. The summed E-state index contributed by atoms with van der Waals surface area (Å²) in [6.07, 6.45) is 7.36. The third-order valence-electron chi connectivity index (χ3n) is 3.68. The summed E-state index contributed by atoms with van der Waals surface area (Å²) in [7, 11) is 0. The van der Waals surface area contributed by atoms with Gasteiger partial charge in [0.25, 0.3) is 0 Å². The summed E-state index contributed by atoms with van der Waals surface area (Å²) in [5.41, 5.74) is 0.440. The average molecular weight is 261 g/mol. The number of carbonyl (C=O) groups excluding carboxylic acids is 1. The molecule has 0 heterocycles. The molecule has 0 saturated heterocycles. The molecule has 0 radical (unpaired) electrons. The van der Waals surface area contributed by atoms with Gasteiger partial charge in [0.05, 0.1) is 0 Å². The first-order valence-corrected chi connectivity index (χ1v) is 6.88. The van der Waals surface area contributed by atoms with Crippen LogP contribution in [0.4, 0.5) is 4.39 Å². The summed E-state index contributed by atoms with van der Waals surface area (Å²) in [5.74, 6) is 0.322. The van der Waals surface area contributed by atoms with Gasteiger partial charge in [0, 0.05) is 17.7 Å². The maximum atomic E-state index is 13.4. The van der Waals surface area contributed by atoms with Crippen LogP contribution in [0.3, 0.4) is 0 Å². The minimum atomic E-state index is -0.307. The van der Waals surface area contributed by atoms with Crippen LogP contribution in [0.5, 0.6) is 0 Å². The highest BCUT2D eigenvalue weighted by Gasteiger charge is 2.18. The van der Waals surface area contributed by atoms with Gasteiger partial charge in [0.2, 0.25) is 5.91 Å². The highest BCUT2D eigenvalue weighted by Crippen LogP contribution is 2.23. The Kier molecular flexibility index (Phi) is 4.72. The largest absolute Gasteiger partial charge is 0.350 e. The Bertz CT molecular complexity index is 462. The van der Waals surface area contributed by atoms with Crippen LogP contribution in [0.15, 0.2) is 30.3 Å². The molecule has 2 rings (SSSR count). The number of hydrogen-bond donors (Lipinski definition) is 1. The molecule has 1 amide bonds. The number of halogens is 1. The monoisotopic (exact) mass is 261 g/mol. The second-order valence-corrected chi connectivity index (χ2v) is 5.32. The van der Waals surface area contributed by atoms with Crippen LogP contribution in [0.2, 0.25) is 0 Å². The molecule has 0 bridgehead atoms. The molecule has 0 unspecified atom stereocenters. The lowest BCUT2D eigenvalue weighted by Crippen LogP contribution is -2.36. The topological polar surface area (TPSA) is 29.1 Å². The molecule has 1 aliphatic carbocycles. The molecule has 3 heteroatoms. The molecule has 0 aliphatic heterocycles. The summed E-state index contributed by atoms with van der Waals surface area (Å²) in [6, 6.07) is 6.70. The van der Waals surface area contributed by atoms with Gasteiger partial charge in [-0.05, 0) is 43.7 Å². The fourth-order valence-corrected chi connectivity index (χ4v) is 2.43. The molecule has 102 valence electrons. The first-order chi connectivity index (χ1) is 9.15.